The van der Waals surface area contributed by atoms with Gasteiger partial charge in [0.05, 0.1) is 0 Å². The van der Waals surface area contributed by atoms with Crippen LogP contribution in [0.2, 0.25) is 0 Å². The Morgan fingerprint density at radius 1 is 1.22 bits per heavy atom. The van der Waals surface area contributed by atoms with Gasteiger partial charge in [0.15, 0.2) is 0 Å². The molecule has 9 heavy (non-hydrogen) atoms. The Hall–Kier alpha value is 0.250. The van der Waals surface area contributed by atoms with Crippen LogP contribution < -0.4 is 5.73 Å². The minimum atomic E-state index is 0. The van der Waals surface area contributed by atoms with Crippen molar-refractivity contribution in [2.75, 3.05) is 0 Å². The molecule has 1 aliphatic rings. The molecule has 0 aromatic rings. The summed E-state index contributed by atoms with van der Waals surface area (Å²) in [5, 5.41) is 0. The first-order valence-corrected chi connectivity index (χ1v) is 3.56. The highest BCUT2D eigenvalue weighted by Crippen LogP contribution is 2.21. The highest BCUT2D eigenvalue weighted by Gasteiger charge is 2.15. The van der Waals surface area contributed by atoms with Crippen LogP contribution in [0, 0.1) is 5.92 Å². The molecule has 2 unspecified atom stereocenters. The molecule has 2 heteroatoms. The topological polar surface area (TPSA) is 26.0 Å². The Morgan fingerprint density at radius 3 is 2.11 bits per heavy atom. The molecule has 0 spiro atoms. The summed E-state index contributed by atoms with van der Waals surface area (Å²) >= 11 is 0. The molecule has 1 fully saturated rings. The van der Waals surface area contributed by atoms with Crippen molar-refractivity contribution in [1.82, 2.24) is 0 Å². The lowest BCUT2D eigenvalue weighted by atomic mass is 9.87. The SMILES string of the molecule is CC1CCCCC1N.Cl. The average Bonchev–Trinajstić information content (AvgIpc) is 1.77. The van der Waals surface area contributed by atoms with Crippen LogP contribution in [-0.4, -0.2) is 6.04 Å². The molecule has 0 aromatic heterocycles. The third-order valence-corrected chi connectivity index (χ3v) is 2.18. The molecular weight excluding hydrogens is 134 g/mol. The third-order valence-electron chi connectivity index (χ3n) is 2.18. The number of halogens is 1. The Morgan fingerprint density at radius 2 is 1.78 bits per heavy atom. The van der Waals surface area contributed by atoms with Gasteiger partial charge in [-0.05, 0) is 18.8 Å². The second-order valence-corrected chi connectivity index (χ2v) is 2.93. The first-order valence-electron chi connectivity index (χ1n) is 3.56. The van der Waals surface area contributed by atoms with Gasteiger partial charge in [-0.2, -0.15) is 0 Å². The normalized spacial score (nSPS) is 35.3. The lowest BCUT2D eigenvalue weighted by Crippen LogP contribution is -2.30. The largest absolute Gasteiger partial charge is 0.327 e. The van der Waals surface area contributed by atoms with Crippen LogP contribution in [0.5, 0.6) is 0 Å². The molecule has 0 heterocycles. The summed E-state index contributed by atoms with van der Waals surface area (Å²) in [6.45, 7) is 2.25. The summed E-state index contributed by atoms with van der Waals surface area (Å²) in [5.41, 5.74) is 5.78. The fraction of sp³-hybridized carbons (Fsp3) is 1.00. The van der Waals surface area contributed by atoms with Crippen molar-refractivity contribution in [3.05, 3.63) is 0 Å². The maximum absolute atomic E-state index is 5.78. The summed E-state index contributed by atoms with van der Waals surface area (Å²) in [5.74, 6) is 0.781. The molecule has 1 rings (SSSR count). The van der Waals surface area contributed by atoms with Gasteiger partial charge >= 0.3 is 0 Å². The van der Waals surface area contributed by atoms with Gasteiger partial charge < -0.3 is 5.73 Å². The van der Waals surface area contributed by atoms with Crippen molar-refractivity contribution in [1.29, 1.82) is 0 Å². The van der Waals surface area contributed by atoms with Crippen LogP contribution in [0.15, 0.2) is 0 Å². The molecule has 2 atom stereocenters. The Balaban J connectivity index is 0.000000640. The van der Waals surface area contributed by atoms with E-state index in [9.17, 15) is 0 Å². The van der Waals surface area contributed by atoms with Crippen molar-refractivity contribution in [2.45, 2.75) is 38.6 Å². The van der Waals surface area contributed by atoms with E-state index in [0.29, 0.717) is 6.04 Å². The van der Waals surface area contributed by atoms with Crippen LogP contribution in [0.1, 0.15) is 32.6 Å². The van der Waals surface area contributed by atoms with Crippen LogP contribution in [0.4, 0.5) is 0 Å². The van der Waals surface area contributed by atoms with Crippen molar-refractivity contribution in [2.24, 2.45) is 11.7 Å². The quantitative estimate of drug-likeness (QED) is 0.560. The molecule has 0 aromatic carbocycles. The smallest absolute Gasteiger partial charge is 0.00645 e. The maximum atomic E-state index is 5.78. The molecule has 0 amide bonds. The Kier molecular flexibility index (Phi) is 4.24. The van der Waals surface area contributed by atoms with Crippen molar-refractivity contribution >= 4 is 12.4 Å². The van der Waals surface area contributed by atoms with Gasteiger partial charge in [-0.25, -0.2) is 0 Å². The molecule has 0 bridgehead atoms. The predicted molar refractivity (Wildman–Crippen MR) is 42.9 cm³/mol. The van der Waals surface area contributed by atoms with Crippen molar-refractivity contribution < 1.29 is 0 Å². The minimum Gasteiger partial charge on any atom is -0.327 e. The molecule has 1 aliphatic carbocycles. The van der Waals surface area contributed by atoms with Gasteiger partial charge in [-0.3, -0.25) is 0 Å². The zero-order valence-corrected chi connectivity index (χ0v) is 6.79. The van der Waals surface area contributed by atoms with E-state index < -0.39 is 0 Å². The molecule has 56 valence electrons. The third kappa shape index (κ3) is 2.55. The zero-order valence-electron chi connectivity index (χ0n) is 5.97. The summed E-state index contributed by atoms with van der Waals surface area (Å²) in [6, 6.07) is 0.503. The van der Waals surface area contributed by atoms with Gasteiger partial charge in [-0.1, -0.05) is 19.8 Å². The first-order chi connectivity index (χ1) is 3.80. The standard InChI is InChI=1S/C7H15N.ClH/c1-6-4-2-3-5-7(6)8;/h6-7H,2-5,8H2,1H3;1H. The van der Waals surface area contributed by atoms with E-state index in [4.69, 9.17) is 5.73 Å². The summed E-state index contributed by atoms with van der Waals surface area (Å²) in [6.07, 6.45) is 5.35. The van der Waals surface area contributed by atoms with Gasteiger partial charge in [0.1, 0.15) is 0 Å². The van der Waals surface area contributed by atoms with Gasteiger partial charge in [0.2, 0.25) is 0 Å². The van der Waals surface area contributed by atoms with E-state index in [0.717, 1.165) is 5.92 Å². The van der Waals surface area contributed by atoms with E-state index in [2.05, 4.69) is 6.92 Å². The molecule has 0 aliphatic heterocycles. The Bertz CT molecular complexity index is 65.3. The maximum Gasteiger partial charge on any atom is 0.00645 e. The van der Waals surface area contributed by atoms with Crippen LogP contribution >= 0.6 is 12.4 Å². The number of hydrogen-bond acceptors (Lipinski definition) is 1. The lowest BCUT2D eigenvalue weighted by molar-refractivity contribution is 0.331. The van der Waals surface area contributed by atoms with Crippen LogP contribution in [0.25, 0.3) is 0 Å². The average molecular weight is 150 g/mol. The van der Waals surface area contributed by atoms with Crippen LogP contribution in [-0.2, 0) is 0 Å². The first kappa shape index (κ1) is 9.25. The van der Waals surface area contributed by atoms with Gasteiger partial charge in [-0.15, -0.1) is 12.4 Å². The second kappa shape index (κ2) is 4.13. The highest BCUT2D eigenvalue weighted by molar-refractivity contribution is 5.85. The van der Waals surface area contributed by atoms with Gasteiger partial charge in [0, 0.05) is 6.04 Å². The van der Waals surface area contributed by atoms with E-state index in [1.165, 1.54) is 25.7 Å². The summed E-state index contributed by atoms with van der Waals surface area (Å²) in [4.78, 5) is 0. The number of hydrogen-bond donors (Lipinski definition) is 1. The lowest BCUT2D eigenvalue weighted by Gasteiger charge is -2.24. The molecule has 0 radical (unpaired) electrons. The van der Waals surface area contributed by atoms with Crippen LogP contribution in [0.3, 0.4) is 0 Å². The molecule has 2 N–H and O–H groups in total. The highest BCUT2D eigenvalue weighted by atomic mass is 35.5. The number of nitrogens with two attached hydrogens (primary N) is 1. The monoisotopic (exact) mass is 149 g/mol. The van der Waals surface area contributed by atoms with E-state index in [1.807, 2.05) is 0 Å². The fourth-order valence-electron chi connectivity index (χ4n) is 1.34. The molecule has 1 saturated carbocycles. The van der Waals surface area contributed by atoms with Crippen molar-refractivity contribution in [3.63, 3.8) is 0 Å². The van der Waals surface area contributed by atoms with Crippen molar-refractivity contribution in [3.8, 4) is 0 Å². The van der Waals surface area contributed by atoms with E-state index in [1.54, 1.807) is 0 Å². The fourth-order valence-corrected chi connectivity index (χ4v) is 1.34. The number of rotatable bonds is 0. The predicted octanol–water partition coefficient (Wildman–Crippen LogP) is 1.95. The molecule has 1 nitrogen and oxygen atoms in total. The zero-order chi connectivity index (χ0) is 5.98. The molecule has 0 saturated heterocycles. The molecular formula is C7H16ClN. The van der Waals surface area contributed by atoms with E-state index in [-0.39, 0.29) is 12.4 Å². The minimum absolute atomic E-state index is 0. The Labute approximate surface area is 63.4 Å². The second-order valence-electron chi connectivity index (χ2n) is 2.93. The summed E-state index contributed by atoms with van der Waals surface area (Å²) in [7, 11) is 0. The van der Waals surface area contributed by atoms with Gasteiger partial charge in [0.25, 0.3) is 0 Å². The van der Waals surface area contributed by atoms with E-state index >= 15 is 0 Å². The summed E-state index contributed by atoms with van der Waals surface area (Å²) < 4.78 is 0.